The molecule has 7 nitrogen and oxygen atoms in total. The molecule has 0 aliphatic carbocycles. The molecule has 0 radical (unpaired) electrons. The van der Waals surface area contributed by atoms with E-state index >= 15 is 0 Å². The number of likely N-dealkylation sites (tertiary alicyclic amines) is 1. The smallest absolute Gasteiger partial charge is 0.270 e. The Morgan fingerprint density at radius 3 is 2.46 bits per heavy atom. The monoisotopic (exact) mass is 382 g/mol. The third kappa shape index (κ3) is 3.82. The largest absolute Gasteiger partial charge is 0.345 e. The van der Waals surface area contributed by atoms with Crippen LogP contribution in [0.2, 0.25) is 0 Å². The van der Waals surface area contributed by atoms with Crippen LogP contribution in [0, 0.1) is 0 Å². The highest BCUT2D eigenvalue weighted by Gasteiger charge is 2.32. The van der Waals surface area contributed by atoms with Crippen molar-refractivity contribution >= 4 is 15.9 Å². The molecule has 1 aromatic rings. The second-order valence-electron chi connectivity index (χ2n) is 7.69. The number of carbonyl (C=O) groups excluding carboxylic acids is 1. The van der Waals surface area contributed by atoms with Gasteiger partial charge in [-0.1, -0.05) is 0 Å². The summed E-state index contributed by atoms with van der Waals surface area (Å²) in [5.74, 6) is -0.0677. The molecule has 1 atom stereocenters. The quantitative estimate of drug-likeness (QED) is 0.771. The van der Waals surface area contributed by atoms with Crippen molar-refractivity contribution in [2.24, 2.45) is 7.05 Å². The van der Waals surface area contributed by atoms with Gasteiger partial charge in [0.1, 0.15) is 10.6 Å². The molecule has 0 saturated carbocycles. The van der Waals surface area contributed by atoms with Crippen LogP contribution in [-0.4, -0.2) is 79.3 Å². The lowest BCUT2D eigenvalue weighted by Crippen LogP contribution is -2.48. The number of aromatic nitrogens is 1. The number of sulfonamides is 1. The number of aryl methyl sites for hydroxylation is 1. The molecule has 26 heavy (non-hydrogen) atoms. The molecule has 1 unspecified atom stereocenters. The van der Waals surface area contributed by atoms with Crippen molar-refractivity contribution in [3.8, 4) is 0 Å². The van der Waals surface area contributed by atoms with Gasteiger partial charge in [0, 0.05) is 45.5 Å². The lowest BCUT2D eigenvalue weighted by Gasteiger charge is -2.37. The van der Waals surface area contributed by atoms with Gasteiger partial charge in [-0.3, -0.25) is 4.79 Å². The fraction of sp³-hybridized carbons (Fsp3) is 0.722. The van der Waals surface area contributed by atoms with Crippen molar-refractivity contribution in [3.05, 3.63) is 18.0 Å². The van der Waals surface area contributed by atoms with Gasteiger partial charge in [-0.15, -0.1) is 0 Å². The minimum atomic E-state index is -3.50. The van der Waals surface area contributed by atoms with Crippen LogP contribution in [0.3, 0.4) is 0 Å². The SMILES string of the molecule is CN(C)CC1CCCCN1C(=O)c1cc(S(=O)(=O)N2CCCC2)cn1C. The molecule has 0 N–H and O–H groups in total. The molecule has 2 saturated heterocycles. The summed E-state index contributed by atoms with van der Waals surface area (Å²) in [5.41, 5.74) is 0.452. The summed E-state index contributed by atoms with van der Waals surface area (Å²) in [6.07, 6.45) is 6.50. The Morgan fingerprint density at radius 2 is 1.81 bits per heavy atom. The molecule has 0 aromatic carbocycles. The maximum absolute atomic E-state index is 13.2. The van der Waals surface area contributed by atoms with Gasteiger partial charge in [0.2, 0.25) is 10.0 Å². The van der Waals surface area contributed by atoms with Crippen molar-refractivity contribution in [1.29, 1.82) is 0 Å². The number of likely N-dealkylation sites (N-methyl/N-ethyl adjacent to an activating group) is 1. The molecule has 3 heterocycles. The first-order valence-corrected chi connectivity index (χ1v) is 10.9. The first kappa shape index (κ1) is 19.4. The molecule has 2 aliphatic heterocycles. The zero-order valence-corrected chi connectivity index (χ0v) is 16.8. The minimum absolute atomic E-state index is 0.0677. The third-order valence-electron chi connectivity index (χ3n) is 5.37. The van der Waals surface area contributed by atoms with E-state index in [2.05, 4.69) is 4.90 Å². The predicted octanol–water partition coefficient (Wildman–Crippen LogP) is 1.37. The molecule has 1 aromatic heterocycles. The maximum atomic E-state index is 13.2. The van der Waals surface area contributed by atoms with Crippen LogP contribution in [-0.2, 0) is 17.1 Å². The summed E-state index contributed by atoms with van der Waals surface area (Å²) in [4.78, 5) is 17.4. The second kappa shape index (κ2) is 7.70. The van der Waals surface area contributed by atoms with Crippen molar-refractivity contribution in [1.82, 2.24) is 18.7 Å². The van der Waals surface area contributed by atoms with E-state index in [-0.39, 0.29) is 16.8 Å². The van der Waals surface area contributed by atoms with Crippen molar-refractivity contribution in [3.63, 3.8) is 0 Å². The van der Waals surface area contributed by atoms with Gasteiger partial charge < -0.3 is 14.4 Å². The van der Waals surface area contributed by atoms with E-state index in [0.717, 1.165) is 45.2 Å². The molecule has 0 bridgehead atoms. The highest BCUT2D eigenvalue weighted by molar-refractivity contribution is 7.89. The molecule has 8 heteroatoms. The fourth-order valence-electron chi connectivity index (χ4n) is 3.99. The zero-order valence-electron chi connectivity index (χ0n) is 16.0. The molecule has 1 amide bonds. The number of nitrogens with zero attached hydrogens (tertiary/aromatic N) is 4. The highest BCUT2D eigenvalue weighted by atomic mass is 32.2. The Bertz CT molecular complexity index is 750. The standard InChI is InChI=1S/C18H30N4O3S/c1-19(2)13-15-8-4-5-11-22(15)18(23)17-12-16(14-20(17)3)26(24,25)21-9-6-7-10-21/h12,14-15H,4-11,13H2,1-3H3. The number of piperidine rings is 1. The molecule has 2 fully saturated rings. The molecular formula is C18H30N4O3S. The number of hydrogen-bond donors (Lipinski definition) is 0. The Hall–Kier alpha value is -1.38. The summed E-state index contributed by atoms with van der Waals surface area (Å²) in [6, 6.07) is 1.73. The lowest BCUT2D eigenvalue weighted by atomic mass is 10.0. The summed E-state index contributed by atoms with van der Waals surface area (Å²) in [7, 11) is 2.28. The van der Waals surface area contributed by atoms with Crippen LogP contribution in [0.1, 0.15) is 42.6 Å². The summed E-state index contributed by atoms with van der Waals surface area (Å²) < 4.78 is 28.8. The van der Waals surface area contributed by atoms with Gasteiger partial charge in [0.15, 0.2) is 0 Å². The minimum Gasteiger partial charge on any atom is -0.345 e. The van der Waals surface area contributed by atoms with Crippen LogP contribution in [0.25, 0.3) is 0 Å². The van der Waals surface area contributed by atoms with Gasteiger partial charge >= 0.3 is 0 Å². The van der Waals surface area contributed by atoms with Crippen LogP contribution in [0.15, 0.2) is 17.2 Å². The van der Waals surface area contributed by atoms with Crippen LogP contribution in [0.5, 0.6) is 0 Å². The van der Waals surface area contributed by atoms with Crippen molar-refractivity contribution < 1.29 is 13.2 Å². The van der Waals surface area contributed by atoms with Crippen LogP contribution < -0.4 is 0 Å². The molecule has 2 aliphatic rings. The normalized spacial score (nSPS) is 22.3. The number of hydrogen-bond acceptors (Lipinski definition) is 4. The summed E-state index contributed by atoms with van der Waals surface area (Å²) in [6.45, 7) is 2.70. The van der Waals surface area contributed by atoms with E-state index in [1.54, 1.807) is 23.9 Å². The van der Waals surface area contributed by atoms with Crippen molar-refractivity contribution in [2.45, 2.75) is 43.0 Å². The fourth-order valence-corrected chi connectivity index (χ4v) is 5.58. The lowest BCUT2D eigenvalue weighted by molar-refractivity contribution is 0.0565. The zero-order chi connectivity index (χ0) is 18.9. The summed E-state index contributed by atoms with van der Waals surface area (Å²) >= 11 is 0. The topological polar surface area (TPSA) is 65.9 Å². The van der Waals surface area contributed by atoms with E-state index in [9.17, 15) is 13.2 Å². The average Bonchev–Trinajstić information content (AvgIpc) is 3.24. The van der Waals surface area contributed by atoms with E-state index in [1.165, 1.54) is 4.31 Å². The predicted molar refractivity (Wildman–Crippen MR) is 101 cm³/mol. The Kier molecular flexibility index (Phi) is 5.74. The Labute approximate surface area is 156 Å². The maximum Gasteiger partial charge on any atom is 0.270 e. The Balaban J connectivity index is 1.84. The van der Waals surface area contributed by atoms with Crippen molar-refractivity contribution in [2.75, 3.05) is 40.3 Å². The molecular weight excluding hydrogens is 352 g/mol. The summed E-state index contributed by atoms with van der Waals surface area (Å²) in [5, 5.41) is 0. The van der Waals surface area contributed by atoms with Gasteiger partial charge in [-0.25, -0.2) is 8.42 Å². The first-order chi connectivity index (χ1) is 12.3. The van der Waals surface area contributed by atoms with E-state index in [4.69, 9.17) is 0 Å². The van der Waals surface area contributed by atoms with Crippen LogP contribution in [0.4, 0.5) is 0 Å². The van der Waals surface area contributed by atoms with Gasteiger partial charge in [0.05, 0.1) is 0 Å². The second-order valence-corrected chi connectivity index (χ2v) is 9.63. The molecule has 0 spiro atoms. The van der Waals surface area contributed by atoms with E-state index < -0.39 is 10.0 Å². The molecule has 146 valence electrons. The Morgan fingerprint density at radius 1 is 1.15 bits per heavy atom. The number of carbonyl (C=O) groups is 1. The number of amides is 1. The average molecular weight is 383 g/mol. The molecule has 3 rings (SSSR count). The first-order valence-electron chi connectivity index (χ1n) is 9.43. The highest BCUT2D eigenvalue weighted by Crippen LogP contribution is 2.25. The van der Waals surface area contributed by atoms with Gasteiger partial charge in [-0.2, -0.15) is 4.31 Å². The van der Waals surface area contributed by atoms with E-state index in [0.29, 0.717) is 18.8 Å². The van der Waals surface area contributed by atoms with E-state index in [1.807, 2.05) is 19.0 Å². The van der Waals surface area contributed by atoms with Gasteiger partial charge in [0.25, 0.3) is 5.91 Å². The number of rotatable bonds is 5. The third-order valence-corrected chi connectivity index (χ3v) is 7.23. The van der Waals surface area contributed by atoms with Gasteiger partial charge in [-0.05, 0) is 52.3 Å². The van der Waals surface area contributed by atoms with Crippen LogP contribution >= 0.6 is 0 Å².